The molecule has 5 nitrogen and oxygen atoms in total. The van der Waals surface area contributed by atoms with Gasteiger partial charge in [-0.2, -0.15) is 0 Å². The Bertz CT molecular complexity index is 903. The van der Waals surface area contributed by atoms with Crippen molar-refractivity contribution in [3.8, 4) is 5.75 Å². The van der Waals surface area contributed by atoms with Gasteiger partial charge in [-0.15, -0.1) is 0 Å². The molecule has 0 amide bonds. The van der Waals surface area contributed by atoms with E-state index < -0.39 is 0 Å². The largest absolute Gasteiger partial charge is 0.506 e. The molecule has 6 heteroatoms. The van der Waals surface area contributed by atoms with Gasteiger partial charge in [-0.1, -0.05) is 36.9 Å². The van der Waals surface area contributed by atoms with Crippen LogP contribution in [0, 0.1) is 0 Å². The number of nitrogens with one attached hydrogen (secondary N) is 1. The summed E-state index contributed by atoms with van der Waals surface area (Å²) in [6, 6.07) is 5.10. The van der Waals surface area contributed by atoms with E-state index in [4.69, 9.17) is 11.6 Å². The van der Waals surface area contributed by atoms with E-state index in [0.717, 1.165) is 33.6 Å². The number of aromatic nitrogens is 1. The molecule has 0 fully saturated rings. The van der Waals surface area contributed by atoms with Crippen molar-refractivity contribution in [1.29, 1.82) is 0 Å². The fourth-order valence-corrected chi connectivity index (χ4v) is 3.05. The number of phenols is 1. The Kier molecular flexibility index (Phi) is 6.64. The second kappa shape index (κ2) is 8.73. The molecule has 0 bridgehead atoms. The van der Waals surface area contributed by atoms with E-state index >= 15 is 0 Å². The van der Waals surface area contributed by atoms with Crippen LogP contribution in [0.25, 0.3) is 11.6 Å². The van der Waals surface area contributed by atoms with Gasteiger partial charge in [-0.25, -0.2) is 4.98 Å². The molecule has 0 atom stereocenters. The molecule has 2 rings (SSSR count). The average molecular weight is 385 g/mol. The molecule has 0 aliphatic rings. The van der Waals surface area contributed by atoms with Crippen molar-refractivity contribution in [3.63, 3.8) is 0 Å². The number of hydrogen-bond acceptors (Lipinski definition) is 4. The Hall–Kier alpha value is -2.79. The standard InChI is InChI=1S/C21H25ClN4O/c1-7-15-19(13(2)3)16(12-25-21(15)26(5)6)20(23-4)24-11-14-8-9-18(27)17(22)10-14/h7-10,12,27H,1-2,11H2,3-6H3,(H,23,24). The average Bonchev–Trinajstić information content (AvgIpc) is 2.63. The summed E-state index contributed by atoms with van der Waals surface area (Å²) in [5, 5.41) is 13.2. The third kappa shape index (κ3) is 4.49. The molecule has 0 aliphatic carbocycles. The van der Waals surface area contributed by atoms with Crippen molar-refractivity contribution in [3.05, 3.63) is 64.8 Å². The monoisotopic (exact) mass is 384 g/mol. The van der Waals surface area contributed by atoms with Gasteiger partial charge in [0.05, 0.1) is 5.02 Å². The van der Waals surface area contributed by atoms with Crippen LogP contribution in [0.4, 0.5) is 5.82 Å². The number of amidine groups is 1. The minimum Gasteiger partial charge on any atom is -0.506 e. The van der Waals surface area contributed by atoms with Crippen LogP contribution in [0.2, 0.25) is 5.02 Å². The van der Waals surface area contributed by atoms with Crippen molar-refractivity contribution in [2.45, 2.75) is 13.5 Å². The highest BCUT2D eigenvalue weighted by Gasteiger charge is 2.18. The molecule has 1 aromatic carbocycles. The van der Waals surface area contributed by atoms with E-state index in [1.807, 2.05) is 32.0 Å². The quantitative estimate of drug-likeness (QED) is 0.574. The van der Waals surface area contributed by atoms with Crippen LogP contribution in [0.1, 0.15) is 29.2 Å². The number of aromatic hydroxyl groups is 1. The van der Waals surface area contributed by atoms with Crippen molar-refractivity contribution < 1.29 is 5.11 Å². The fourth-order valence-electron chi connectivity index (χ4n) is 2.85. The van der Waals surface area contributed by atoms with Crippen LogP contribution in [0.5, 0.6) is 5.75 Å². The molecule has 0 saturated heterocycles. The van der Waals surface area contributed by atoms with E-state index in [0.29, 0.717) is 17.4 Å². The molecule has 0 aliphatic heterocycles. The number of benzene rings is 1. The highest BCUT2D eigenvalue weighted by atomic mass is 35.5. The molecular formula is C21H25ClN4O. The predicted molar refractivity (Wildman–Crippen MR) is 116 cm³/mol. The Morgan fingerprint density at radius 1 is 1.41 bits per heavy atom. The second-order valence-corrected chi connectivity index (χ2v) is 6.78. The topological polar surface area (TPSA) is 60.8 Å². The number of phenolic OH excluding ortho intramolecular Hbond substituents is 1. The SMILES string of the molecule is C=Cc1c(N(C)C)ncc(C(=NC)NCc2ccc(O)c(Cl)c2)c1C(=C)C. The Labute approximate surface area is 165 Å². The summed E-state index contributed by atoms with van der Waals surface area (Å²) >= 11 is 5.99. The van der Waals surface area contributed by atoms with Gasteiger partial charge in [-0.05, 0) is 30.2 Å². The van der Waals surface area contributed by atoms with Crippen molar-refractivity contribution >= 4 is 34.9 Å². The Morgan fingerprint density at radius 2 is 2.11 bits per heavy atom. The molecule has 1 aromatic heterocycles. The minimum atomic E-state index is 0.0634. The van der Waals surface area contributed by atoms with Crippen LogP contribution in [0.15, 0.2) is 42.5 Å². The molecule has 1 heterocycles. The maximum atomic E-state index is 9.56. The van der Waals surface area contributed by atoms with Gasteiger partial charge in [-0.3, -0.25) is 4.99 Å². The maximum absolute atomic E-state index is 9.56. The Morgan fingerprint density at radius 3 is 2.63 bits per heavy atom. The fraction of sp³-hybridized carbons (Fsp3) is 0.238. The lowest BCUT2D eigenvalue weighted by molar-refractivity contribution is 0.475. The van der Waals surface area contributed by atoms with E-state index in [1.165, 1.54) is 0 Å². The summed E-state index contributed by atoms with van der Waals surface area (Å²) in [5.74, 6) is 1.58. The molecule has 0 spiro atoms. The molecule has 142 valence electrons. The zero-order valence-electron chi connectivity index (χ0n) is 16.2. The van der Waals surface area contributed by atoms with Crippen molar-refractivity contribution in [1.82, 2.24) is 10.3 Å². The highest BCUT2D eigenvalue weighted by Crippen LogP contribution is 2.29. The number of nitrogens with zero attached hydrogens (tertiary/aromatic N) is 3. The van der Waals surface area contributed by atoms with E-state index in [-0.39, 0.29) is 5.75 Å². The smallest absolute Gasteiger partial charge is 0.135 e. The van der Waals surface area contributed by atoms with Crippen LogP contribution in [-0.2, 0) is 6.54 Å². The number of halogens is 1. The summed E-state index contributed by atoms with van der Waals surface area (Å²) < 4.78 is 0. The molecule has 27 heavy (non-hydrogen) atoms. The normalized spacial score (nSPS) is 11.2. The van der Waals surface area contributed by atoms with Gasteiger partial charge in [0.2, 0.25) is 0 Å². The van der Waals surface area contributed by atoms with Crippen LogP contribution >= 0.6 is 11.6 Å². The zero-order valence-corrected chi connectivity index (χ0v) is 16.9. The third-order valence-electron chi connectivity index (χ3n) is 4.10. The number of anilines is 1. The number of hydrogen-bond donors (Lipinski definition) is 2. The molecule has 0 saturated carbocycles. The Balaban J connectivity index is 2.43. The van der Waals surface area contributed by atoms with Crippen molar-refractivity contribution in [2.75, 3.05) is 26.0 Å². The predicted octanol–water partition coefficient (Wildman–Crippen LogP) is 4.35. The molecule has 2 N–H and O–H groups in total. The lowest BCUT2D eigenvalue weighted by atomic mass is 9.96. The molecular weight excluding hydrogens is 360 g/mol. The maximum Gasteiger partial charge on any atom is 0.135 e. The molecule has 0 radical (unpaired) electrons. The van der Waals surface area contributed by atoms with Crippen molar-refractivity contribution in [2.24, 2.45) is 4.99 Å². The summed E-state index contributed by atoms with van der Waals surface area (Å²) in [5.41, 5.74) is 4.57. The van der Waals surface area contributed by atoms with Crippen LogP contribution < -0.4 is 10.2 Å². The first-order chi connectivity index (χ1) is 12.8. The zero-order chi connectivity index (χ0) is 20.1. The first kappa shape index (κ1) is 20.5. The number of aliphatic imine (C=N–C) groups is 1. The molecule has 2 aromatic rings. The van der Waals surface area contributed by atoms with E-state index in [9.17, 15) is 5.11 Å². The second-order valence-electron chi connectivity index (χ2n) is 6.37. The van der Waals surface area contributed by atoms with Gasteiger partial charge in [0.15, 0.2) is 0 Å². The van der Waals surface area contributed by atoms with Gasteiger partial charge in [0.25, 0.3) is 0 Å². The summed E-state index contributed by atoms with van der Waals surface area (Å²) in [7, 11) is 5.61. The number of allylic oxidation sites excluding steroid dienone is 1. The first-order valence-corrected chi connectivity index (χ1v) is 8.85. The number of pyridine rings is 1. The lowest BCUT2D eigenvalue weighted by Crippen LogP contribution is -2.26. The number of rotatable bonds is 6. The minimum absolute atomic E-state index is 0.0634. The van der Waals surface area contributed by atoms with Gasteiger partial charge in [0, 0.05) is 50.6 Å². The molecule has 0 unspecified atom stereocenters. The van der Waals surface area contributed by atoms with Crippen LogP contribution in [0.3, 0.4) is 0 Å². The van der Waals surface area contributed by atoms with Gasteiger partial charge >= 0.3 is 0 Å². The summed E-state index contributed by atoms with van der Waals surface area (Å²) in [6.45, 7) is 10.5. The highest BCUT2D eigenvalue weighted by molar-refractivity contribution is 6.32. The van der Waals surface area contributed by atoms with Gasteiger partial charge < -0.3 is 15.3 Å². The van der Waals surface area contributed by atoms with E-state index in [1.54, 1.807) is 31.5 Å². The summed E-state index contributed by atoms with van der Waals surface area (Å²) in [4.78, 5) is 10.9. The lowest BCUT2D eigenvalue weighted by Gasteiger charge is -2.21. The van der Waals surface area contributed by atoms with Crippen LogP contribution in [-0.4, -0.2) is 37.1 Å². The third-order valence-corrected chi connectivity index (χ3v) is 4.40. The first-order valence-electron chi connectivity index (χ1n) is 8.47. The van der Waals surface area contributed by atoms with Gasteiger partial charge in [0.1, 0.15) is 17.4 Å². The summed E-state index contributed by atoms with van der Waals surface area (Å²) in [6.07, 6.45) is 3.59. The van der Waals surface area contributed by atoms with E-state index in [2.05, 4.69) is 28.5 Å².